The Morgan fingerprint density at radius 2 is 1.59 bits per heavy atom. The lowest BCUT2D eigenvalue weighted by Crippen LogP contribution is -1.88. The van der Waals surface area contributed by atoms with E-state index in [1.807, 2.05) is 12.1 Å². The highest BCUT2D eigenvalue weighted by Gasteiger charge is 2.10. The Bertz CT molecular complexity index is 646. The lowest BCUT2D eigenvalue weighted by Gasteiger charge is -2.09. The highest BCUT2D eigenvalue weighted by molar-refractivity contribution is 6.39. The summed E-state index contributed by atoms with van der Waals surface area (Å²) >= 11 is 12.5. The largest absolute Gasteiger partial charge is 0.192 e. The fourth-order valence-electron chi connectivity index (χ4n) is 2.51. The summed E-state index contributed by atoms with van der Waals surface area (Å²) in [5.41, 5.74) is 3.59. The quantitative estimate of drug-likeness (QED) is 0.543. The number of aryl methyl sites for hydroxylation is 1. The first-order chi connectivity index (χ1) is 10.7. The van der Waals surface area contributed by atoms with E-state index in [1.165, 1.54) is 31.2 Å². The summed E-state index contributed by atoms with van der Waals surface area (Å²) in [6.45, 7) is 2.22. The Hall–Kier alpha value is -1.49. The van der Waals surface area contributed by atoms with Crippen LogP contribution in [0.5, 0.6) is 0 Å². The number of hydrogen-bond acceptors (Lipinski definition) is 1. The lowest BCUT2D eigenvalue weighted by molar-refractivity contribution is 0.667. The third-order valence-electron chi connectivity index (χ3n) is 3.73. The molecule has 0 amide bonds. The Morgan fingerprint density at radius 1 is 0.955 bits per heavy atom. The smallest absolute Gasteiger partial charge is 0.0992 e. The number of nitriles is 1. The Labute approximate surface area is 142 Å². The van der Waals surface area contributed by atoms with Gasteiger partial charge < -0.3 is 0 Å². The number of hydrogen-bond donors (Lipinski definition) is 0. The molecule has 0 aromatic heterocycles. The zero-order valence-corrected chi connectivity index (χ0v) is 14.2. The normalized spacial score (nSPS) is 10.5. The Kier molecular flexibility index (Phi) is 6.31. The minimum atomic E-state index is 0.478. The summed E-state index contributed by atoms with van der Waals surface area (Å²) in [4.78, 5) is 0. The minimum Gasteiger partial charge on any atom is -0.192 e. The van der Waals surface area contributed by atoms with Crippen LogP contribution in [0, 0.1) is 11.3 Å². The van der Waals surface area contributed by atoms with Gasteiger partial charge in [-0.05, 0) is 36.1 Å². The van der Waals surface area contributed by atoms with E-state index in [-0.39, 0.29) is 0 Å². The minimum absolute atomic E-state index is 0.478. The maximum atomic E-state index is 8.94. The molecule has 0 aliphatic carbocycles. The predicted octanol–water partition coefficient (Wildman–Crippen LogP) is 6.65. The molecular weight excluding hydrogens is 313 g/mol. The molecule has 2 aromatic rings. The van der Waals surface area contributed by atoms with Gasteiger partial charge in [0.25, 0.3) is 0 Å². The van der Waals surface area contributed by atoms with Gasteiger partial charge in [0.15, 0.2) is 0 Å². The molecule has 22 heavy (non-hydrogen) atoms. The molecule has 0 aliphatic rings. The van der Waals surface area contributed by atoms with Crippen molar-refractivity contribution in [2.75, 3.05) is 0 Å². The molecule has 0 unspecified atom stereocenters. The number of benzene rings is 2. The highest BCUT2D eigenvalue weighted by Crippen LogP contribution is 2.35. The molecule has 0 bridgehead atoms. The second-order valence-electron chi connectivity index (χ2n) is 5.43. The van der Waals surface area contributed by atoms with E-state index in [0.29, 0.717) is 15.6 Å². The van der Waals surface area contributed by atoms with Crippen molar-refractivity contribution in [3.8, 4) is 17.2 Å². The SMILES string of the molecule is CCCCCCc1ccc(-c2c(Cl)cc(C#N)cc2Cl)cc1. The van der Waals surface area contributed by atoms with Crippen LogP contribution in [0.15, 0.2) is 36.4 Å². The molecule has 0 aliphatic heterocycles. The predicted molar refractivity (Wildman–Crippen MR) is 94.5 cm³/mol. The summed E-state index contributed by atoms with van der Waals surface area (Å²) in [5.74, 6) is 0. The van der Waals surface area contributed by atoms with Crippen molar-refractivity contribution >= 4 is 23.2 Å². The maximum absolute atomic E-state index is 8.94. The third-order valence-corrected chi connectivity index (χ3v) is 4.33. The van der Waals surface area contributed by atoms with Crippen molar-refractivity contribution < 1.29 is 0 Å². The van der Waals surface area contributed by atoms with Gasteiger partial charge in [-0.15, -0.1) is 0 Å². The molecule has 2 rings (SSSR count). The number of rotatable bonds is 6. The fourth-order valence-corrected chi connectivity index (χ4v) is 3.21. The Balaban J connectivity index is 2.16. The monoisotopic (exact) mass is 331 g/mol. The van der Waals surface area contributed by atoms with Crippen molar-refractivity contribution in [2.45, 2.75) is 39.0 Å². The molecule has 0 N–H and O–H groups in total. The van der Waals surface area contributed by atoms with Crippen molar-refractivity contribution in [3.63, 3.8) is 0 Å². The molecular formula is C19H19Cl2N. The van der Waals surface area contributed by atoms with Crippen LogP contribution in [0.25, 0.3) is 11.1 Å². The lowest BCUT2D eigenvalue weighted by atomic mass is 10.00. The standard InChI is InChI=1S/C19H19Cl2N/c1-2-3-4-5-6-14-7-9-16(10-8-14)19-17(20)11-15(13-22)12-18(19)21/h7-12H,2-6H2,1H3. The van der Waals surface area contributed by atoms with Crippen LogP contribution in [0.3, 0.4) is 0 Å². The second-order valence-corrected chi connectivity index (χ2v) is 6.25. The molecule has 0 saturated heterocycles. The number of nitrogens with zero attached hydrogens (tertiary/aromatic N) is 1. The van der Waals surface area contributed by atoms with Crippen LogP contribution in [0.1, 0.15) is 43.7 Å². The highest BCUT2D eigenvalue weighted by atomic mass is 35.5. The molecule has 0 radical (unpaired) electrons. The fraction of sp³-hybridized carbons (Fsp3) is 0.316. The first-order valence-corrected chi connectivity index (χ1v) is 8.39. The van der Waals surface area contributed by atoms with Gasteiger partial charge in [0, 0.05) is 5.56 Å². The molecule has 2 aromatic carbocycles. The van der Waals surface area contributed by atoms with Crippen molar-refractivity contribution in [3.05, 3.63) is 57.6 Å². The first-order valence-electron chi connectivity index (χ1n) is 7.64. The van der Waals surface area contributed by atoms with E-state index in [9.17, 15) is 0 Å². The average Bonchev–Trinajstić information content (AvgIpc) is 2.52. The van der Waals surface area contributed by atoms with E-state index in [2.05, 4.69) is 25.1 Å². The zero-order chi connectivity index (χ0) is 15.9. The van der Waals surface area contributed by atoms with Crippen LogP contribution in [-0.4, -0.2) is 0 Å². The molecule has 0 atom stereocenters. The van der Waals surface area contributed by atoms with E-state index in [0.717, 1.165) is 17.5 Å². The zero-order valence-electron chi connectivity index (χ0n) is 12.7. The third kappa shape index (κ3) is 4.26. The van der Waals surface area contributed by atoms with Gasteiger partial charge >= 0.3 is 0 Å². The van der Waals surface area contributed by atoms with E-state index in [4.69, 9.17) is 28.5 Å². The van der Waals surface area contributed by atoms with Crippen LogP contribution in [-0.2, 0) is 6.42 Å². The molecule has 0 fully saturated rings. The molecule has 1 nitrogen and oxygen atoms in total. The summed E-state index contributed by atoms with van der Waals surface area (Å²) in [6.07, 6.45) is 6.18. The summed E-state index contributed by atoms with van der Waals surface area (Å²) in [7, 11) is 0. The molecule has 0 heterocycles. The number of halogens is 2. The van der Waals surface area contributed by atoms with Crippen molar-refractivity contribution in [2.24, 2.45) is 0 Å². The average molecular weight is 332 g/mol. The van der Waals surface area contributed by atoms with E-state index >= 15 is 0 Å². The van der Waals surface area contributed by atoms with E-state index < -0.39 is 0 Å². The van der Waals surface area contributed by atoms with Crippen molar-refractivity contribution in [1.29, 1.82) is 5.26 Å². The topological polar surface area (TPSA) is 23.8 Å². The van der Waals surface area contributed by atoms with Crippen LogP contribution >= 0.6 is 23.2 Å². The van der Waals surface area contributed by atoms with Gasteiger partial charge in [0.05, 0.1) is 21.7 Å². The van der Waals surface area contributed by atoms with Crippen molar-refractivity contribution in [1.82, 2.24) is 0 Å². The summed E-state index contributed by atoms with van der Waals surface area (Å²) in [5, 5.41) is 9.96. The van der Waals surface area contributed by atoms with Crippen LogP contribution in [0.4, 0.5) is 0 Å². The second kappa shape index (κ2) is 8.22. The van der Waals surface area contributed by atoms with Gasteiger partial charge in [-0.3, -0.25) is 0 Å². The van der Waals surface area contributed by atoms with Crippen LogP contribution in [0.2, 0.25) is 10.0 Å². The molecule has 3 heteroatoms. The van der Waals surface area contributed by atoms with E-state index in [1.54, 1.807) is 12.1 Å². The molecule has 114 valence electrons. The summed E-state index contributed by atoms with van der Waals surface area (Å²) in [6, 6.07) is 13.7. The van der Waals surface area contributed by atoms with Gasteiger partial charge in [-0.2, -0.15) is 5.26 Å². The molecule has 0 saturated carbocycles. The number of unbranched alkanes of at least 4 members (excludes halogenated alkanes) is 3. The van der Waals surface area contributed by atoms with Gasteiger partial charge in [0.2, 0.25) is 0 Å². The van der Waals surface area contributed by atoms with Gasteiger partial charge in [-0.1, -0.05) is 73.7 Å². The Morgan fingerprint density at radius 3 is 2.14 bits per heavy atom. The molecule has 0 spiro atoms. The van der Waals surface area contributed by atoms with Crippen LogP contribution < -0.4 is 0 Å². The van der Waals surface area contributed by atoms with Gasteiger partial charge in [-0.25, -0.2) is 0 Å². The maximum Gasteiger partial charge on any atom is 0.0992 e. The summed E-state index contributed by atoms with van der Waals surface area (Å²) < 4.78 is 0. The van der Waals surface area contributed by atoms with Gasteiger partial charge in [0.1, 0.15) is 0 Å². The first kappa shape index (κ1) is 16.9.